The number of anilines is 1. The third kappa shape index (κ3) is 3.24. The van der Waals surface area contributed by atoms with E-state index in [9.17, 15) is 9.18 Å². The summed E-state index contributed by atoms with van der Waals surface area (Å²) in [5.41, 5.74) is 4.55. The SMILES string of the molecule is Cc1nn(C)cc1NC(=O)Cn1nc(C)c2c(-c3ccc(F)cc3)ccnc21. The quantitative estimate of drug-likeness (QED) is 0.591. The molecule has 4 aromatic rings. The van der Waals surface area contributed by atoms with Gasteiger partial charge in [-0.1, -0.05) is 12.1 Å². The molecule has 1 N–H and O–H groups in total. The summed E-state index contributed by atoms with van der Waals surface area (Å²) in [5.74, 6) is -0.502. The Morgan fingerprint density at radius 1 is 1.11 bits per heavy atom. The average Bonchev–Trinajstić information content (AvgIpc) is 3.14. The van der Waals surface area contributed by atoms with Crippen LogP contribution in [0.2, 0.25) is 0 Å². The van der Waals surface area contributed by atoms with E-state index >= 15 is 0 Å². The number of amides is 1. The predicted octanol–water partition coefficient (Wildman–Crippen LogP) is 3.23. The molecule has 7 nitrogen and oxygen atoms in total. The minimum Gasteiger partial charge on any atom is -0.322 e. The van der Waals surface area contributed by atoms with Crippen LogP contribution in [0.5, 0.6) is 0 Å². The Bertz CT molecular complexity index is 1180. The molecular formula is C20H19FN6O. The standard InChI is InChI=1S/C20H19FN6O/c1-12-17(10-26(3)24-12)23-18(28)11-27-20-19(13(2)25-27)16(8-9-22-20)14-4-6-15(21)7-5-14/h4-10H,11H2,1-3H3,(H,23,28). The number of benzene rings is 1. The molecule has 0 spiro atoms. The Morgan fingerprint density at radius 2 is 1.86 bits per heavy atom. The monoisotopic (exact) mass is 378 g/mol. The van der Waals surface area contributed by atoms with Crippen molar-refractivity contribution in [2.75, 3.05) is 5.32 Å². The van der Waals surface area contributed by atoms with Gasteiger partial charge in [-0.15, -0.1) is 0 Å². The lowest BCUT2D eigenvalue weighted by Gasteiger charge is -2.06. The van der Waals surface area contributed by atoms with Crippen molar-refractivity contribution in [3.05, 3.63) is 59.9 Å². The zero-order valence-corrected chi connectivity index (χ0v) is 15.8. The molecule has 0 fully saturated rings. The predicted molar refractivity (Wildman–Crippen MR) is 104 cm³/mol. The van der Waals surface area contributed by atoms with Gasteiger partial charge in [-0.05, 0) is 43.2 Å². The van der Waals surface area contributed by atoms with Gasteiger partial charge in [-0.3, -0.25) is 9.48 Å². The van der Waals surface area contributed by atoms with Crippen LogP contribution in [0.15, 0.2) is 42.7 Å². The maximum absolute atomic E-state index is 13.3. The van der Waals surface area contributed by atoms with Gasteiger partial charge in [-0.2, -0.15) is 10.2 Å². The number of carbonyl (C=O) groups is 1. The lowest BCUT2D eigenvalue weighted by molar-refractivity contribution is -0.116. The number of aromatic nitrogens is 5. The molecule has 0 saturated heterocycles. The van der Waals surface area contributed by atoms with E-state index in [0.29, 0.717) is 11.3 Å². The van der Waals surface area contributed by atoms with Gasteiger partial charge in [0, 0.05) is 24.8 Å². The molecule has 0 aliphatic heterocycles. The summed E-state index contributed by atoms with van der Waals surface area (Å²) in [6.45, 7) is 3.73. The first-order chi connectivity index (χ1) is 13.4. The normalized spacial score (nSPS) is 11.1. The van der Waals surface area contributed by atoms with Crippen molar-refractivity contribution >= 4 is 22.6 Å². The Hall–Kier alpha value is -3.55. The number of carbonyl (C=O) groups excluding carboxylic acids is 1. The van der Waals surface area contributed by atoms with E-state index in [2.05, 4.69) is 20.5 Å². The van der Waals surface area contributed by atoms with Crippen molar-refractivity contribution in [3.63, 3.8) is 0 Å². The number of aryl methyl sites for hydroxylation is 3. The second-order valence-electron chi connectivity index (χ2n) is 6.66. The smallest absolute Gasteiger partial charge is 0.246 e. The van der Waals surface area contributed by atoms with Crippen LogP contribution in [0.4, 0.5) is 10.1 Å². The number of pyridine rings is 1. The van der Waals surface area contributed by atoms with Crippen LogP contribution in [0.25, 0.3) is 22.2 Å². The number of hydrogen-bond acceptors (Lipinski definition) is 4. The largest absolute Gasteiger partial charge is 0.322 e. The van der Waals surface area contributed by atoms with E-state index in [0.717, 1.165) is 27.9 Å². The first kappa shape index (κ1) is 17.8. The Kier molecular flexibility index (Phi) is 4.38. The van der Waals surface area contributed by atoms with E-state index in [1.165, 1.54) is 12.1 Å². The summed E-state index contributed by atoms with van der Waals surface area (Å²) in [4.78, 5) is 16.9. The molecule has 1 aromatic carbocycles. The van der Waals surface area contributed by atoms with E-state index in [4.69, 9.17) is 0 Å². The van der Waals surface area contributed by atoms with Crippen LogP contribution >= 0.6 is 0 Å². The molecule has 0 unspecified atom stereocenters. The van der Waals surface area contributed by atoms with E-state index < -0.39 is 0 Å². The number of nitrogens with one attached hydrogen (secondary N) is 1. The third-order valence-corrected chi connectivity index (χ3v) is 4.54. The van der Waals surface area contributed by atoms with Gasteiger partial charge >= 0.3 is 0 Å². The molecule has 3 heterocycles. The minimum atomic E-state index is -0.288. The van der Waals surface area contributed by atoms with Gasteiger partial charge in [0.1, 0.15) is 12.4 Å². The molecule has 3 aromatic heterocycles. The molecule has 0 saturated carbocycles. The number of hydrogen-bond donors (Lipinski definition) is 1. The summed E-state index contributed by atoms with van der Waals surface area (Å²) in [6, 6.07) is 8.15. The number of rotatable bonds is 4. The van der Waals surface area contributed by atoms with E-state index in [-0.39, 0.29) is 18.3 Å². The fraction of sp³-hybridized carbons (Fsp3) is 0.200. The Labute approximate surface area is 160 Å². The summed E-state index contributed by atoms with van der Waals surface area (Å²) >= 11 is 0. The topological polar surface area (TPSA) is 77.6 Å². The maximum atomic E-state index is 13.3. The molecule has 142 valence electrons. The molecule has 4 rings (SSSR count). The van der Waals surface area contributed by atoms with E-state index in [1.54, 1.807) is 40.9 Å². The van der Waals surface area contributed by atoms with Gasteiger partial charge in [-0.25, -0.2) is 14.1 Å². The summed E-state index contributed by atoms with van der Waals surface area (Å²) in [5, 5.41) is 12.4. The van der Waals surface area contributed by atoms with Gasteiger partial charge in [0.2, 0.25) is 5.91 Å². The molecule has 0 atom stereocenters. The minimum absolute atomic E-state index is 0.0263. The van der Waals surface area contributed by atoms with Crippen LogP contribution in [0, 0.1) is 19.7 Å². The van der Waals surface area contributed by atoms with Crippen LogP contribution in [0.1, 0.15) is 11.4 Å². The van der Waals surface area contributed by atoms with Crippen molar-refractivity contribution in [3.8, 4) is 11.1 Å². The van der Waals surface area contributed by atoms with Crippen LogP contribution in [-0.2, 0) is 18.4 Å². The van der Waals surface area contributed by atoms with Crippen LogP contribution in [0.3, 0.4) is 0 Å². The van der Waals surface area contributed by atoms with Crippen molar-refractivity contribution in [2.45, 2.75) is 20.4 Å². The zero-order chi connectivity index (χ0) is 19.8. The lowest BCUT2D eigenvalue weighted by Crippen LogP contribution is -2.20. The highest BCUT2D eigenvalue weighted by Crippen LogP contribution is 2.30. The average molecular weight is 378 g/mol. The van der Waals surface area contributed by atoms with E-state index in [1.807, 2.05) is 19.9 Å². The van der Waals surface area contributed by atoms with Crippen molar-refractivity contribution in [1.82, 2.24) is 24.5 Å². The molecule has 8 heteroatoms. The third-order valence-electron chi connectivity index (χ3n) is 4.54. The molecule has 28 heavy (non-hydrogen) atoms. The number of halogens is 1. The molecule has 0 aliphatic carbocycles. The lowest BCUT2D eigenvalue weighted by atomic mass is 10.0. The van der Waals surface area contributed by atoms with Crippen molar-refractivity contribution < 1.29 is 9.18 Å². The number of fused-ring (bicyclic) bond motifs is 1. The highest BCUT2D eigenvalue weighted by molar-refractivity contribution is 5.96. The highest BCUT2D eigenvalue weighted by Gasteiger charge is 2.16. The van der Waals surface area contributed by atoms with Crippen LogP contribution in [-0.4, -0.2) is 30.5 Å². The summed E-state index contributed by atoms with van der Waals surface area (Å²) in [6.07, 6.45) is 3.42. The van der Waals surface area contributed by atoms with Gasteiger partial charge < -0.3 is 5.32 Å². The Morgan fingerprint density at radius 3 is 2.54 bits per heavy atom. The summed E-state index contributed by atoms with van der Waals surface area (Å²) < 4.78 is 16.5. The van der Waals surface area contributed by atoms with Gasteiger partial charge in [0.25, 0.3) is 0 Å². The molecule has 0 aliphatic rings. The Balaban J connectivity index is 1.67. The second-order valence-corrected chi connectivity index (χ2v) is 6.66. The van der Waals surface area contributed by atoms with Crippen molar-refractivity contribution in [2.24, 2.45) is 7.05 Å². The maximum Gasteiger partial charge on any atom is 0.246 e. The second kappa shape index (κ2) is 6.88. The first-order valence-electron chi connectivity index (χ1n) is 8.80. The highest BCUT2D eigenvalue weighted by atomic mass is 19.1. The molecule has 0 radical (unpaired) electrons. The van der Waals surface area contributed by atoms with Crippen molar-refractivity contribution in [1.29, 1.82) is 0 Å². The summed E-state index contributed by atoms with van der Waals surface area (Å²) in [7, 11) is 1.80. The fourth-order valence-corrected chi connectivity index (χ4v) is 3.31. The molecule has 1 amide bonds. The van der Waals surface area contributed by atoms with Gasteiger partial charge in [0.15, 0.2) is 5.65 Å². The van der Waals surface area contributed by atoms with Crippen LogP contribution < -0.4 is 5.32 Å². The number of nitrogens with zero attached hydrogens (tertiary/aromatic N) is 5. The first-order valence-corrected chi connectivity index (χ1v) is 8.80. The zero-order valence-electron chi connectivity index (χ0n) is 15.8. The fourth-order valence-electron chi connectivity index (χ4n) is 3.31. The molecule has 0 bridgehead atoms. The molecular weight excluding hydrogens is 359 g/mol. The van der Waals surface area contributed by atoms with Gasteiger partial charge in [0.05, 0.1) is 17.1 Å².